The van der Waals surface area contributed by atoms with Crippen LogP contribution in [0.5, 0.6) is 0 Å². The first-order chi connectivity index (χ1) is 9.56. The second-order valence-electron chi connectivity index (χ2n) is 4.41. The van der Waals surface area contributed by atoms with Crippen molar-refractivity contribution >= 4 is 17.2 Å². The van der Waals surface area contributed by atoms with Crippen molar-refractivity contribution < 1.29 is 9.72 Å². The van der Waals surface area contributed by atoms with Gasteiger partial charge in [-0.2, -0.15) is 0 Å². The van der Waals surface area contributed by atoms with Crippen LogP contribution in [0.1, 0.15) is 22.8 Å². The maximum absolute atomic E-state index is 11.2. The average Bonchev–Trinajstić information content (AvgIpc) is 2.46. The molecule has 0 aromatic heterocycles. The molecule has 2 rings (SSSR count). The highest BCUT2D eigenvalue weighted by Gasteiger charge is 2.05. The summed E-state index contributed by atoms with van der Waals surface area (Å²) in [5.74, 6) is 0.0234. The van der Waals surface area contributed by atoms with Gasteiger partial charge in [0.05, 0.1) is 4.92 Å². The molecule has 0 spiro atoms. The van der Waals surface area contributed by atoms with E-state index in [1.807, 2.05) is 18.2 Å². The van der Waals surface area contributed by atoms with Crippen LogP contribution in [0.15, 0.2) is 48.5 Å². The second-order valence-corrected chi connectivity index (χ2v) is 4.41. The lowest BCUT2D eigenvalue weighted by Gasteiger charge is -2.07. The summed E-state index contributed by atoms with van der Waals surface area (Å²) in [5, 5.41) is 13.8. The Morgan fingerprint density at radius 2 is 1.90 bits per heavy atom. The lowest BCUT2D eigenvalue weighted by molar-refractivity contribution is -0.384. The Hall–Kier alpha value is -2.69. The molecule has 2 aromatic rings. The van der Waals surface area contributed by atoms with Crippen LogP contribution in [0.3, 0.4) is 0 Å². The molecule has 5 heteroatoms. The van der Waals surface area contributed by atoms with Gasteiger partial charge in [0.1, 0.15) is 0 Å². The first kappa shape index (κ1) is 13.7. The van der Waals surface area contributed by atoms with Crippen LogP contribution in [0.25, 0.3) is 0 Å². The molecule has 20 heavy (non-hydrogen) atoms. The molecule has 0 bridgehead atoms. The first-order valence-electron chi connectivity index (χ1n) is 6.14. The molecule has 0 amide bonds. The lowest BCUT2D eigenvalue weighted by atomic mass is 10.1. The molecule has 5 nitrogen and oxygen atoms in total. The number of nitrogens with one attached hydrogen (secondary N) is 1. The minimum Gasteiger partial charge on any atom is -0.381 e. The van der Waals surface area contributed by atoms with Gasteiger partial charge < -0.3 is 5.32 Å². The van der Waals surface area contributed by atoms with E-state index in [2.05, 4.69) is 5.32 Å². The summed E-state index contributed by atoms with van der Waals surface area (Å²) in [6.07, 6.45) is 0. The Kier molecular flexibility index (Phi) is 4.10. The molecular formula is C15H14N2O3. The van der Waals surface area contributed by atoms with Crippen LogP contribution in [-0.2, 0) is 6.54 Å². The van der Waals surface area contributed by atoms with Crippen LogP contribution in [0, 0.1) is 10.1 Å². The smallest absolute Gasteiger partial charge is 0.269 e. The molecule has 0 radical (unpaired) electrons. The molecule has 0 fully saturated rings. The Morgan fingerprint density at radius 3 is 2.50 bits per heavy atom. The maximum Gasteiger partial charge on any atom is 0.269 e. The van der Waals surface area contributed by atoms with Gasteiger partial charge in [-0.3, -0.25) is 14.9 Å². The van der Waals surface area contributed by atoms with Crippen LogP contribution in [-0.4, -0.2) is 10.7 Å². The monoisotopic (exact) mass is 270 g/mol. The van der Waals surface area contributed by atoms with Crippen molar-refractivity contribution in [3.63, 3.8) is 0 Å². The zero-order valence-corrected chi connectivity index (χ0v) is 11.0. The number of non-ortho nitro benzene ring substituents is 1. The fourth-order valence-electron chi connectivity index (χ4n) is 1.81. The normalized spacial score (nSPS) is 10.1. The number of anilines is 1. The molecule has 0 saturated heterocycles. The Labute approximate surface area is 116 Å². The predicted octanol–water partition coefficient (Wildman–Crippen LogP) is 3.41. The zero-order chi connectivity index (χ0) is 14.5. The summed E-state index contributed by atoms with van der Waals surface area (Å²) >= 11 is 0. The van der Waals surface area contributed by atoms with Crippen LogP contribution in [0.2, 0.25) is 0 Å². The van der Waals surface area contributed by atoms with Crippen LogP contribution in [0.4, 0.5) is 11.4 Å². The number of nitro groups is 1. The SMILES string of the molecule is CC(=O)c1ccc(NCc2cccc([N+](=O)[O-])c2)cc1. The maximum atomic E-state index is 11.2. The summed E-state index contributed by atoms with van der Waals surface area (Å²) in [6.45, 7) is 2.01. The minimum atomic E-state index is -0.412. The summed E-state index contributed by atoms with van der Waals surface area (Å²) in [4.78, 5) is 21.4. The molecule has 102 valence electrons. The molecule has 0 atom stereocenters. The number of hydrogen-bond acceptors (Lipinski definition) is 4. The van der Waals surface area contributed by atoms with Gasteiger partial charge in [0.2, 0.25) is 0 Å². The number of carbonyl (C=O) groups is 1. The van der Waals surface area contributed by atoms with Crippen molar-refractivity contribution in [2.45, 2.75) is 13.5 Å². The van der Waals surface area contributed by atoms with E-state index < -0.39 is 4.92 Å². The second kappa shape index (κ2) is 5.97. The third-order valence-electron chi connectivity index (χ3n) is 2.91. The molecule has 0 aliphatic carbocycles. The number of rotatable bonds is 5. The van der Waals surface area contributed by atoms with E-state index in [4.69, 9.17) is 0 Å². The van der Waals surface area contributed by atoms with Gasteiger partial charge in [0, 0.05) is 29.9 Å². The number of ketones is 1. The van der Waals surface area contributed by atoms with E-state index in [0.717, 1.165) is 11.3 Å². The summed E-state index contributed by atoms with van der Waals surface area (Å²) in [7, 11) is 0. The highest BCUT2D eigenvalue weighted by molar-refractivity contribution is 5.94. The van der Waals surface area contributed by atoms with Gasteiger partial charge in [-0.1, -0.05) is 12.1 Å². The molecular weight excluding hydrogens is 256 g/mol. The third-order valence-corrected chi connectivity index (χ3v) is 2.91. The Balaban J connectivity index is 2.03. The van der Waals surface area contributed by atoms with Gasteiger partial charge in [-0.25, -0.2) is 0 Å². The summed E-state index contributed by atoms with van der Waals surface area (Å²) < 4.78 is 0. The Bertz CT molecular complexity index is 636. The fraction of sp³-hybridized carbons (Fsp3) is 0.133. The number of nitrogens with zero attached hydrogens (tertiary/aromatic N) is 1. The standard InChI is InChI=1S/C15H14N2O3/c1-11(18)13-5-7-14(8-6-13)16-10-12-3-2-4-15(9-12)17(19)20/h2-9,16H,10H2,1H3. The molecule has 0 aliphatic heterocycles. The topological polar surface area (TPSA) is 72.2 Å². The first-order valence-corrected chi connectivity index (χ1v) is 6.14. The van der Waals surface area contributed by atoms with Crippen molar-refractivity contribution in [2.24, 2.45) is 0 Å². The quantitative estimate of drug-likeness (QED) is 0.513. The molecule has 0 unspecified atom stereocenters. The van der Waals surface area contributed by atoms with Crippen LogP contribution >= 0.6 is 0 Å². The van der Waals surface area contributed by atoms with Gasteiger partial charge in [0.15, 0.2) is 5.78 Å². The Morgan fingerprint density at radius 1 is 1.20 bits per heavy atom. The van der Waals surface area contributed by atoms with Crippen molar-refractivity contribution in [1.29, 1.82) is 0 Å². The highest BCUT2D eigenvalue weighted by Crippen LogP contribution is 2.15. The van der Waals surface area contributed by atoms with E-state index in [9.17, 15) is 14.9 Å². The third kappa shape index (κ3) is 3.41. The van der Waals surface area contributed by atoms with E-state index >= 15 is 0 Å². The fourth-order valence-corrected chi connectivity index (χ4v) is 1.81. The van der Waals surface area contributed by atoms with Crippen molar-refractivity contribution in [2.75, 3.05) is 5.32 Å². The number of nitro benzene ring substituents is 1. The number of Topliss-reactive ketones (excluding diaryl/α,β-unsaturated/α-hetero) is 1. The van der Waals surface area contributed by atoms with Gasteiger partial charge in [-0.15, -0.1) is 0 Å². The van der Waals surface area contributed by atoms with E-state index in [0.29, 0.717) is 12.1 Å². The van der Waals surface area contributed by atoms with Gasteiger partial charge in [-0.05, 0) is 36.8 Å². The van der Waals surface area contributed by atoms with Gasteiger partial charge >= 0.3 is 0 Å². The lowest BCUT2D eigenvalue weighted by Crippen LogP contribution is -2.00. The van der Waals surface area contributed by atoms with Gasteiger partial charge in [0.25, 0.3) is 5.69 Å². The molecule has 1 N–H and O–H groups in total. The van der Waals surface area contributed by atoms with E-state index in [-0.39, 0.29) is 11.5 Å². The molecule has 0 aliphatic rings. The number of benzene rings is 2. The molecule has 0 heterocycles. The average molecular weight is 270 g/mol. The molecule has 2 aromatic carbocycles. The van der Waals surface area contributed by atoms with Crippen molar-refractivity contribution in [3.8, 4) is 0 Å². The number of hydrogen-bond donors (Lipinski definition) is 1. The zero-order valence-electron chi connectivity index (χ0n) is 11.0. The van der Waals surface area contributed by atoms with E-state index in [1.165, 1.54) is 19.1 Å². The van der Waals surface area contributed by atoms with Crippen molar-refractivity contribution in [3.05, 3.63) is 69.8 Å². The molecule has 0 saturated carbocycles. The number of carbonyl (C=O) groups excluding carboxylic acids is 1. The summed E-state index contributed by atoms with van der Waals surface area (Å²) in [6, 6.07) is 13.6. The van der Waals surface area contributed by atoms with Crippen LogP contribution < -0.4 is 5.32 Å². The predicted molar refractivity (Wildman–Crippen MR) is 76.9 cm³/mol. The minimum absolute atomic E-state index is 0.0234. The summed E-state index contributed by atoms with van der Waals surface area (Å²) in [5.41, 5.74) is 2.43. The van der Waals surface area contributed by atoms with Crippen molar-refractivity contribution in [1.82, 2.24) is 0 Å². The van der Waals surface area contributed by atoms with E-state index in [1.54, 1.807) is 18.2 Å². The largest absolute Gasteiger partial charge is 0.381 e. The highest BCUT2D eigenvalue weighted by atomic mass is 16.6.